The number of nitrogens with two attached hydrogens (primary N) is 1. The van der Waals surface area contributed by atoms with Gasteiger partial charge >= 0.3 is 0 Å². The monoisotopic (exact) mass is 256 g/mol. The summed E-state index contributed by atoms with van der Waals surface area (Å²) in [5.74, 6) is 0. The smallest absolute Gasteiger partial charge is 0.238 e. The Hall–Kier alpha value is -1.07. The van der Waals surface area contributed by atoms with E-state index in [0.717, 1.165) is 18.7 Å². The van der Waals surface area contributed by atoms with Gasteiger partial charge in [-0.15, -0.1) is 0 Å². The number of anilines is 1. The predicted molar refractivity (Wildman–Crippen MR) is 70.4 cm³/mol. The minimum atomic E-state index is -3.59. The Balaban J connectivity index is 2.58. The molecule has 0 aliphatic rings. The fraction of sp³-hybridized carbons (Fsp3) is 0.500. The Morgan fingerprint density at radius 3 is 2.12 bits per heavy atom. The Labute approximate surface area is 103 Å². The average Bonchev–Trinajstić information content (AvgIpc) is 2.15. The Kier molecular flexibility index (Phi) is 4.16. The molecule has 0 radical (unpaired) electrons. The van der Waals surface area contributed by atoms with Crippen molar-refractivity contribution in [3.63, 3.8) is 0 Å². The van der Waals surface area contributed by atoms with Crippen molar-refractivity contribution >= 4 is 15.7 Å². The van der Waals surface area contributed by atoms with E-state index < -0.39 is 10.0 Å². The van der Waals surface area contributed by atoms with E-state index in [0.29, 0.717) is 0 Å². The van der Waals surface area contributed by atoms with Gasteiger partial charge in [-0.25, -0.2) is 13.6 Å². The molecule has 1 aromatic carbocycles. The van der Waals surface area contributed by atoms with E-state index in [4.69, 9.17) is 5.14 Å². The average molecular weight is 256 g/mol. The summed E-state index contributed by atoms with van der Waals surface area (Å²) in [6, 6.07) is 6.47. The molecule has 1 rings (SSSR count). The molecule has 0 aliphatic heterocycles. The molecule has 1 aromatic rings. The van der Waals surface area contributed by atoms with Crippen molar-refractivity contribution in [2.24, 2.45) is 10.6 Å². The van der Waals surface area contributed by atoms with E-state index in [1.165, 1.54) is 12.1 Å². The van der Waals surface area contributed by atoms with Gasteiger partial charge < -0.3 is 5.32 Å². The molecule has 0 amide bonds. The number of primary sulfonamides is 1. The minimum absolute atomic E-state index is 0.138. The maximum absolute atomic E-state index is 11.0. The Bertz CT molecular complexity index is 458. The lowest BCUT2D eigenvalue weighted by Gasteiger charge is -2.18. The van der Waals surface area contributed by atoms with E-state index >= 15 is 0 Å². The highest BCUT2D eigenvalue weighted by Gasteiger charge is 2.09. The topological polar surface area (TPSA) is 72.2 Å². The first-order valence-electron chi connectivity index (χ1n) is 5.55. The van der Waals surface area contributed by atoms with Gasteiger partial charge in [0.15, 0.2) is 0 Å². The number of rotatable bonds is 4. The number of hydrogen-bond donors (Lipinski definition) is 2. The normalized spacial score (nSPS) is 12.5. The molecule has 17 heavy (non-hydrogen) atoms. The van der Waals surface area contributed by atoms with E-state index in [9.17, 15) is 8.42 Å². The summed E-state index contributed by atoms with van der Waals surface area (Å²) in [7, 11) is -3.59. The zero-order valence-electron chi connectivity index (χ0n) is 10.5. The summed E-state index contributed by atoms with van der Waals surface area (Å²) in [6.45, 7) is 7.40. The zero-order valence-corrected chi connectivity index (χ0v) is 11.3. The highest BCUT2D eigenvalue weighted by atomic mass is 32.2. The number of sulfonamides is 1. The maximum Gasteiger partial charge on any atom is 0.238 e. The van der Waals surface area contributed by atoms with Crippen molar-refractivity contribution in [2.75, 3.05) is 11.9 Å². The van der Waals surface area contributed by atoms with Gasteiger partial charge in [-0.3, -0.25) is 0 Å². The molecular weight excluding hydrogens is 236 g/mol. The van der Waals surface area contributed by atoms with Gasteiger partial charge in [-0.05, 0) is 36.1 Å². The molecule has 0 atom stereocenters. The molecule has 0 heterocycles. The van der Waals surface area contributed by atoms with Crippen LogP contribution in [0, 0.1) is 5.41 Å². The summed E-state index contributed by atoms with van der Waals surface area (Å²) in [5, 5.41) is 8.26. The van der Waals surface area contributed by atoms with Gasteiger partial charge in [0.05, 0.1) is 4.90 Å². The third kappa shape index (κ3) is 5.19. The van der Waals surface area contributed by atoms with Crippen LogP contribution >= 0.6 is 0 Å². The summed E-state index contributed by atoms with van der Waals surface area (Å²) in [5.41, 5.74) is 1.19. The summed E-state index contributed by atoms with van der Waals surface area (Å²) < 4.78 is 22.1. The van der Waals surface area contributed by atoms with Crippen molar-refractivity contribution in [1.29, 1.82) is 0 Å². The van der Waals surface area contributed by atoms with Crippen molar-refractivity contribution < 1.29 is 8.42 Å². The maximum atomic E-state index is 11.0. The molecule has 0 aromatic heterocycles. The first-order valence-corrected chi connectivity index (χ1v) is 7.10. The van der Waals surface area contributed by atoms with Crippen LogP contribution in [-0.4, -0.2) is 15.0 Å². The summed E-state index contributed by atoms with van der Waals surface area (Å²) in [4.78, 5) is 0.138. The molecule has 0 fully saturated rings. The summed E-state index contributed by atoms with van der Waals surface area (Å²) >= 11 is 0. The summed E-state index contributed by atoms with van der Waals surface area (Å²) in [6.07, 6.45) is 1.05. The SMILES string of the molecule is CC(C)(C)CCNc1ccc(S(N)(=O)=O)cc1. The van der Waals surface area contributed by atoms with Crippen LogP contribution in [0.1, 0.15) is 27.2 Å². The molecule has 0 saturated heterocycles. The third-order valence-corrected chi connectivity index (χ3v) is 3.32. The van der Waals surface area contributed by atoms with Crippen molar-refractivity contribution in [3.05, 3.63) is 24.3 Å². The van der Waals surface area contributed by atoms with Crippen LogP contribution in [-0.2, 0) is 10.0 Å². The molecule has 3 N–H and O–H groups in total. The first-order chi connectivity index (χ1) is 7.68. The fourth-order valence-corrected chi connectivity index (χ4v) is 1.86. The third-order valence-electron chi connectivity index (χ3n) is 2.39. The van der Waals surface area contributed by atoms with Crippen LogP contribution in [0.15, 0.2) is 29.2 Å². The lowest BCUT2D eigenvalue weighted by Crippen LogP contribution is -2.13. The highest BCUT2D eigenvalue weighted by Crippen LogP contribution is 2.19. The molecule has 0 bridgehead atoms. The Morgan fingerprint density at radius 2 is 1.71 bits per heavy atom. The highest BCUT2D eigenvalue weighted by molar-refractivity contribution is 7.89. The van der Waals surface area contributed by atoms with Crippen LogP contribution in [0.2, 0.25) is 0 Å². The fourth-order valence-electron chi connectivity index (χ4n) is 1.34. The zero-order chi connectivity index (χ0) is 13.1. The van der Waals surface area contributed by atoms with Gasteiger partial charge in [0.25, 0.3) is 0 Å². The van der Waals surface area contributed by atoms with Crippen LogP contribution in [0.3, 0.4) is 0 Å². The van der Waals surface area contributed by atoms with Crippen molar-refractivity contribution in [2.45, 2.75) is 32.1 Å². The second-order valence-electron chi connectivity index (χ2n) is 5.31. The van der Waals surface area contributed by atoms with Gasteiger partial charge in [-0.1, -0.05) is 20.8 Å². The number of nitrogens with one attached hydrogen (secondary N) is 1. The van der Waals surface area contributed by atoms with Gasteiger partial charge in [0, 0.05) is 12.2 Å². The second kappa shape index (κ2) is 5.06. The van der Waals surface area contributed by atoms with E-state index in [2.05, 4.69) is 26.1 Å². The molecule has 4 nitrogen and oxygen atoms in total. The molecule has 5 heteroatoms. The quantitative estimate of drug-likeness (QED) is 0.867. The van der Waals surface area contributed by atoms with Crippen molar-refractivity contribution in [3.8, 4) is 0 Å². The lowest BCUT2D eigenvalue weighted by atomic mass is 9.92. The van der Waals surface area contributed by atoms with Crippen molar-refractivity contribution in [1.82, 2.24) is 0 Å². The molecule has 96 valence electrons. The van der Waals surface area contributed by atoms with Crippen LogP contribution < -0.4 is 10.5 Å². The van der Waals surface area contributed by atoms with Gasteiger partial charge in [-0.2, -0.15) is 0 Å². The van der Waals surface area contributed by atoms with Gasteiger partial charge in [0.1, 0.15) is 0 Å². The van der Waals surface area contributed by atoms with Crippen LogP contribution in [0.5, 0.6) is 0 Å². The Morgan fingerprint density at radius 1 is 1.18 bits per heavy atom. The standard InChI is InChI=1S/C12H20N2O2S/c1-12(2,3)8-9-14-10-4-6-11(7-5-10)17(13,15)16/h4-7,14H,8-9H2,1-3H3,(H2,13,15,16). The largest absolute Gasteiger partial charge is 0.385 e. The molecule has 0 aliphatic carbocycles. The second-order valence-corrected chi connectivity index (χ2v) is 6.87. The minimum Gasteiger partial charge on any atom is -0.385 e. The molecule has 0 unspecified atom stereocenters. The van der Waals surface area contributed by atoms with E-state index in [1.807, 2.05) is 0 Å². The van der Waals surface area contributed by atoms with Crippen LogP contribution in [0.4, 0.5) is 5.69 Å². The number of benzene rings is 1. The molecular formula is C12H20N2O2S. The lowest BCUT2D eigenvalue weighted by molar-refractivity contribution is 0.390. The molecule has 0 saturated carbocycles. The first kappa shape index (κ1) is 14.0. The predicted octanol–water partition coefficient (Wildman–Crippen LogP) is 2.18. The molecule has 0 spiro atoms. The van der Waals surface area contributed by atoms with E-state index in [1.54, 1.807) is 12.1 Å². The van der Waals surface area contributed by atoms with E-state index in [-0.39, 0.29) is 10.3 Å². The number of hydrogen-bond acceptors (Lipinski definition) is 3. The van der Waals surface area contributed by atoms with Crippen LogP contribution in [0.25, 0.3) is 0 Å². The van der Waals surface area contributed by atoms with Gasteiger partial charge in [0.2, 0.25) is 10.0 Å².